The Kier molecular flexibility index (Phi) is 4.92. The number of rotatable bonds is 5. The first-order valence-corrected chi connectivity index (χ1v) is 8.81. The summed E-state index contributed by atoms with van der Waals surface area (Å²) in [5.41, 5.74) is 4.14. The minimum Gasteiger partial charge on any atom is -0.326 e. The lowest BCUT2D eigenvalue weighted by molar-refractivity contribution is -0.119. The molecule has 1 heterocycles. The molecule has 2 N–H and O–H groups in total. The molecule has 0 fully saturated rings. The fraction of sp³-hybridized carbons (Fsp3) is 0.263. The van der Waals surface area contributed by atoms with E-state index < -0.39 is 0 Å². The van der Waals surface area contributed by atoms with E-state index in [9.17, 15) is 4.79 Å². The fourth-order valence-electron chi connectivity index (χ4n) is 2.52. The molecule has 0 spiro atoms. The van der Waals surface area contributed by atoms with Crippen LogP contribution in [0.1, 0.15) is 12.5 Å². The first-order chi connectivity index (χ1) is 11.6. The second-order valence-electron chi connectivity index (χ2n) is 6.02. The number of nitrogens with one attached hydrogen (secondary N) is 2. The Balaban J connectivity index is 1.77. The second-order valence-corrected chi connectivity index (χ2v) is 7.05. The maximum Gasteiger partial charge on any atom is 0.228 e. The van der Waals surface area contributed by atoms with Crippen molar-refractivity contribution in [3.63, 3.8) is 0 Å². The Morgan fingerprint density at radius 2 is 1.96 bits per heavy atom. The van der Waals surface area contributed by atoms with Gasteiger partial charge in [-0.15, -0.1) is 11.3 Å². The summed E-state index contributed by atoms with van der Waals surface area (Å²) in [5.74, 6) is -0.0465. The average molecular weight is 339 g/mol. The lowest BCUT2D eigenvalue weighted by atomic mass is 10.1. The summed E-state index contributed by atoms with van der Waals surface area (Å²) in [6.45, 7) is 4.66. The molecule has 0 radical (unpaired) electrons. The molecule has 0 saturated heterocycles. The van der Waals surface area contributed by atoms with E-state index in [-0.39, 0.29) is 11.8 Å². The van der Waals surface area contributed by atoms with Crippen molar-refractivity contribution in [1.29, 1.82) is 0 Å². The topological polar surface area (TPSA) is 54.0 Å². The molecule has 2 aromatic carbocycles. The SMILES string of the molecule is CNCC(C)C(=O)Nc1ccc(-c2nc3ccc(C)cc3s2)cc1. The van der Waals surface area contributed by atoms with Gasteiger partial charge in [0.2, 0.25) is 5.91 Å². The van der Waals surface area contributed by atoms with Gasteiger partial charge in [-0.1, -0.05) is 13.0 Å². The van der Waals surface area contributed by atoms with Crippen molar-refractivity contribution in [3.8, 4) is 10.6 Å². The first-order valence-electron chi connectivity index (χ1n) is 8.00. The Labute approximate surface area is 145 Å². The van der Waals surface area contributed by atoms with Crippen molar-refractivity contribution in [3.05, 3.63) is 48.0 Å². The highest BCUT2D eigenvalue weighted by Gasteiger charge is 2.12. The van der Waals surface area contributed by atoms with Gasteiger partial charge in [-0.25, -0.2) is 4.98 Å². The van der Waals surface area contributed by atoms with Gasteiger partial charge in [-0.3, -0.25) is 4.79 Å². The summed E-state index contributed by atoms with van der Waals surface area (Å²) in [6, 6.07) is 14.2. The third-order valence-corrected chi connectivity index (χ3v) is 4.97. The number of nitrogens with zero attached hydrogens (tertiary/aromatic N) is 1. The zero-order valence-corrected chi connectivity index (χ0v) is 14.9. The number of carbonyl (C=O) groups excluding carboxylic acids is 1. The summed E-state index contributed by atoms with van der Waals surface area (Å²) in [4.78, 5) is 16.7. The monoisotopic (exact) mass is 339 g/mol. The molecule has 3 rings (SSSR count). The lowest BCUT2D eigenvalue weighted by Gasteiger charge is -2.11. The molecule has 0 aliphatic heterocycles. The van der Waals surface area contributed by atoms with E-state index in [1.165, 1.54) is 10.3 Å². The van der Waals surface area contributed by atoms with Crippen LogP contribution in [-0.4, -0.2) is 24.5 Å². The number of aromatic nitrogens is 1. The molecule has 0 aliphatic carbocycles. The predicted molar refractivity (Wildman–Crippen MR) is 102 cm³/mol. The molecule has 4 nitrogen and oxygen atoms in total. The summed E-state index contributed by atoms with van der Waals surface area (Å²) in [7, 11) is 1.85. The van der Waals surface area contributed by atoms with Gasteiger partial charge in [0.05, 0.1) is 10.2 Å². The molecule has 1 unspecified atom stereocenters. The third-order valence-electron chi connectivity index (χ3n) is 3.90. The Bertz CT molecular complexity index is 855. The van der Waals surface area contributed by atoms with Crippen LogP contribution in [0.5, 0.6) is 0 Å². The van der Waals surface area contributed by atoms with E-state index >= 15 is 0 Å². The van der Waals surface area contributed by atoms with Crippen LogP contribution in [0, 0.1) is 12.8 Å². The van der Waals surface area contributed by atoms with Gasteiger partial charge in [0, 0.05) is 23.7 Å². The van der Waals surface area contributed by atoms with E-state index in [0.29, 0.717) is 6.54 Å². The maximum absolute atomic E-state index is 12.0. The van der Waals surface area contributed by atoms with Crippen LogP contribution in [0.15, 0.2) is 42.5 Å². The van der Waals surface area contributed by atoms with Crippen LogP contribution < -0.4 is 10.6 Å². The van der Waals surface area contributed by atoms with E-state index in [1.54, 1.807) is 11.3 Å². The molecular formula is C19H21N3OS. The molecule has 1 aromatic heterocycles. The number of aryl methyl sites for hydroxylation is 1. The molecule has 0 bridgehead atoms. The largest absolute Gasteiger partial charge is 0.326 e. The van der Waals surface area contributed by atoms with Crippen LogP contribution >= 0.6 is 11.3 Å². The quantitative estimate of drug-likeness (QED) is 0.737. The number of fused-ring (bicyclic) bond motifs is 1. The minimum absolute atomic E-state index is 0.0209. The highest BCUT2D eigenvalue weighted by atomic mass is 32.1. The van der Waals surface area contributed by atoms with Crippen LogP contribution in [0.25, 0.3) is 20.8 Å². The van der Waals surface area contributed by atoms with Crippen LogP contribution in [0.2, 0.25) is 0 Å². The summed E-state index contributed by atoms with van der Waals surface area (Å²) < 4.78 is 1.20. The molecule has 0 aliphatic rings. The van der Waals surface area contributed by atoms with Gasteiger partial charge in [0.15, 0.2) is 0 Å². The minimum atomic E-state index is -0.0674. The molecule has 124 valence electrons. The second kappa shape index (κ2) is 7.11. The molecular weight excluding hydrogens is 318 g/mol. The Hall–Kier alpha value is -2.24. The van der Waals surface area contributed by atoms with Crippen molar-refractivity contribution < 1.29 is 4.79 Å². The number of benzene rings is 2. The van der Waals surface area contributed by atoms with Crippen LogP contribution in [-0.2, 0) is 4.79 Å². The van der Waals surface area contributed by atoms with Crippen LogP contribution in [0.3, 0.4) is 0 Å². The van der Waals surface area contributed by atoms with Gasteiger partial charge in [0.1, 0.15) is 5.01 Å². The predicted octanol–water partition coefficient (Wildman–Crippen LogP) is 4.07. The number of hydrogen-bond acceptors (Lipinski definition) is 4. The first kappa shape index (κ1) is 16.6. The van der Waals surface area contributed by atoms with Crippen molar-refractivity contribution in [2.24, 2.45) is 5.92 Å². The van der Waals surface area contributed by atoms with Gasteiger partial charge in [-0.2, -0.15) is 0 Å². The number of thiazole rings is 1. The molecule has 1 amide bonds. The van der Waals surface area contributed by atoms with Crippen molar-refractivity contribution in [1.82, 2.24) is 10.3 Å². The van der Waals surface area contributed by atoms with Crippen LogP contribution in [0.4, 0.5) is 5.69 Å². The van der Waals surface area contributed by atoms with Crippen molar-refractivity contribution >= 4 is 33.1 Å². The standard InChI is InChI=1S/C19H21N3OS/c1-12-4-9-16-17(10-12)24-19(22-16)14-5-7-15(8-6-14)21-18(23)13(2)11-20-3/h4-10,13,20H,11H2,1-3H3,(H,21,23). The number of carbonyl (C=O) groups is 1. The van der Waals surface area contributed by atoms with E-state index in [4.69, 9.17) is 4.98 Å². The summed E-state index contributed by atoms with van der Waals surface area (Å²) in [5, 5.41) is 6.95. The highest BCUT2D eigenvalue weighted by Crippen LogP contribution is 2.31. The van der Waals surface area contributed by atoms with E-state index in [1.807, 2.05) is 38.2 Å². The summed E-state index contributed by atoms with van der Waals surface area (Å²) in [6.07, 6.45) is 0. The zero-order valence-electron chi connectivity index (χ0n) is 14.1. The van der Waals surface area contributed by atoms with Gasteiger partial charge < -0.3 is 10.6 Å². The summed E-state index contributed by atoms with van der Waals surface area (Å²) >= 11 is 1.69. The average Bonchev–Trinajstić information content (AvgIpc) is 2.98. The van der Waals surface area contributed by atoms with Gasteiger partial charge in [0.25, 0.3) is 0 Å². The fourth-order valence-corrected chi connectivity index (χ4v) is 3.59. The Morgan fingerprint density at radius 1 is 1.21 bits per heavy atom. The number of hydrogen-bond donors (Lipinski definition) is 2. The van der Waals surface area contributed by atoms with Crippen molar-refractivity contribution in [2.75, 3.05) is 18.9 Å². The molecule has 3 aromatic rings. The van der Waals surface area contributed by atoms with Gasteiger partial charge >= 0.3 is 0 Å². The number of anilines is 1. The smallest absolute Gasteiger partial charge is 0.228 e. The Morgan fingerprint density at radius 3 is 2.67 bits per heavy atom. The van der Waals surface area contributed by atoms with Gasteiger partial charge in [-0.05, 0) is 55.9 Å². The van der Waals surface area contributed by atoms with Crippen molar-refractivity contribution in [2.45, 2.75) is 13.8 Å². The van der Waals surface area contributed by atoms with E-state index in [2.05, 4.69) is 35.8 Å². The lowest BCUT2D eigenvalue weighted by Crippen LogP contribution is -2.28. The maximum atomic E-state index is 12.0. The molecule has 24 heavy (non-hydrogen) atoms. The highest BCUT2D eigenvalue weighted by molar-refractivity contribution is 7.21. The molecule has 0 saturated carbocycles. The third kappa shape index (κ3) is 3.63. The molecule has 1 atom stereocenters. The zero-order chi connectivity index (χ0) is 17.1. The number of amides is 1. The van der Waals surface area contributed by atoms with E-state index in [0.717, 1.165) is 21.8 Å². The molecule has 5 heteroatoms. The normalized spacial score (nSPS) is 12.3.